The average molecular weight is 360 g/mol. The molecule has 0 radical (unpaired) electrons. The molecule has 2 aromatic carbocycles. The second-order valence-corrected chi connectivity index (χ2v) is 5.99. The smallest absolute Gasteiger partial charge is 0.256 e. The summed E-state index contributed by atoms with van der Waals surface area (Å²) < 4.78 is 1.70. The first-order valence-corrected chi connectivity index (χ1v) is 8.49. The number of nitrogens with one attached hydrogen (secondary N) is 2. The molecule has 0 unspecified atom stereocenters. The molecule has 1 heterocycles. The molecule has 3 rings (SSSR count). The van der Waals surface area contributed by atoms with E-state index in [4.69, 9.17) is 0 Å². The van der Waals surface area contributed by atoms with Gasteiger partial charge in [-0.25, -0.2) is 4.68 Å². The Morgan fingerprint density at radius 2 is 1.81 bits per heavy atom. The second-order valence-electron chi connectivity index (χ2n) is 5.99. The van der Waals surface area contributed by atoms with Crippen LogP contribution < -0.4 is 10.6 Å². The molecule has 6 nitrogen and oxygen atoms in total. The van der Waals surface area contributed by atoms with Crippen LogP contribution in [0.3, 0.4) is 0 Å². The van der Waals surface area contributed by atoms with E-state index in [1.54, 1.807) is 28.9 Å². The lowest BCUT2D eigenvalue weighted by molar-refractivity contribution is -0.116. The SMILES string of the molecule is C=CC(=O)NCc1ccc(C(=O)Nc2cc(C)nn2-c2ccccc2)cc1. The van der Waals surface area contributed by atoms with Crippen molar-refractivity contribution in [3.05, 3.63) is 90.1 Å². The van der Waals surface area contributed by atoms with Crippen molar-refractivity contribution in [3.8, 4) is 5.69 Å². The van der Waals surface area contributed by atoms with Crippen LogP contribution in [0.4, 0.5) is 5.82 Å². The quantitative estimate of drug-likeness (QED) is 0.663. The van der Waals surface area contributed by atoms with E-state index in [-0.39, 0.29) is 11.8 Å². The van der Waals surface area contributed by atoms with E-state index < -0.39 is 0 Å². The van der Waals surface area contributed by atoms with Crippen LogP contribution in [0.1, 0.15) is 21.6 Å². The summed E-state index contributed by atoms with van der Waals surface area (Å²) in [6.07, 6.45) is 1.22. The Hall–Kier alpha value is -3.67. The fraction of sp³-hybridized carbons (Fsp3) is 0.0952. The van der Waals surface area contributed by atoms with Crippen LogP contribution in [0.25, 0.3) is 5.69 Å². The van der Waals surface area contributed by atoms with Gasteiger partial charge in [0, 0.05) is 18.2 Å². The summed E-state index contributed by atoms with van der Waals surface area (Å²) >= 11 is 0. The molecule has 6 heteroatoms. The molecule has 2 amide bonds. The minimum Gasteiger partial charge on any atom is -0.348 e. The summed E-state index contributed by atoms with van der Waals surface area (Å²) in [5, 5.41) is 10.0. The molecular weight excluding hydrogens is 340 g/mol. The third-order valence-electron chi connectivity index (χ3n) is 3.94. The van der Waals surface area contributed by atoms with Gasteiger partial charge in [-0.05, 0) is 42.8 Å². The first kappa shape index (κ1) is 18.1. The van der Waals surface area contributed by atoms with Crippen molar-refractivity contribution in [1.29, 1.82) is 0 Å². The molecule has 0 atom stereocenters. The third-order valence-corrected chi connectivity index (χ3v) is 3.94. The number of benzene rings is 2. The Morgan fingerprint density at radius 1 is 1.11 bits per heavy atom. The van der Waals surface area contributed by atoms with Gasteiger partial charge in [0.15, 0.2) is 0 Å². The number of nitrogens with zero attached hydrogens (tertiary/aromatic N) is 2. The van der Waals surface area contributed by atoms with Gasteiger partial charge in [-0.3, -0.25) is 9.59 Å². The highest BCUT2D eigenvalue weighted by Crippen LogP contribution is 2.18. The topological polar surface area (TPSA) is 76.0 Å². The summed E-state index contributed by atoms with van der Waals surface area (Å²) in [4.78, 5) is 23.8. The molecule has 2 N–H and O–H groups in total. The summed E-state index contributed by atoms with van der Waals surface area (Å²) in [7, 11) is 0. The Morgan fingerprint density at radius 3 is 2.48 bits per heavy atom. The van der Waals surface area contributed by atoms with Gasteiger partial charge in [0.1, 0.15) is 5.82 Å². The first-order chi connectivity index (χ1) is 13.1. The van der Waals surface area contributed by atoms with Crippen molar-refractivity contribution in [1.82, 2.24) is 15.1 Å². The zero-order chi connectivity index (χ0) is 19.2. The maximum atomic E-state index is 12.6. The highest BCUT2D eigenvalue weighted by Gasteiger charge is 2.12. The lowest BCUT2D eigenvalue weighted by atomic mass is 10.1. The summed E-state index contributed by atoms with van der Waals surface area (Å²) in [6.45, 7) is 5.67. The van der Waals surface area contributed by atoms with Crippen molar-refractivity contribution in [3.63, 3.8) is 0 Å². The minimum atomic E-state index is -0.235. The van der Waals surface area contributed by atoms with Crippen molar-refractivity contribution in [2.24, 2.45) is 0 Å². The minimum absolute atomic E-state index is 0.228. The van der Waals surface area contributed by atoms with E-state index in [1.165, 1.54) is 6.08 Å². The molecular formula is C21H20N4O2. The third kappa shape index (κ3) is 4.49. The maximum absolute atomic E-state index is 12.6. The number of aromatic nitrogens is 2. The second kappa shape index (κ2) is 8.14. The summed E-state index contributed by atoms with van der Waals surface area (Å²) in [5.74, 6) is 0.140. The molecule has 0 spiro atoms. The number of anilines is 1. The molecule has 0 bridgehead atoms. The molecule has 136 valence electrons. The van der Waals surface area contributed by atoms with Gasteiger partial charge in [-0.2, -0.15) is 5.10 Å². The summed E-state index contributed by atoms with van der Waals surface area (Å²) in [6, 6.07) is 18.5. The molecule has 0 aliphatic heterocycles. The highest BCUT2D eigenvalue weighted by molar-refractivity contribution is 6.04. The fourth-order valence-electron chi connectivity index (χ4n) is 2.58. The zero-order valence-corrected chi connectivity index (χ0v) is 15.0. The molecule has 0 aliphatic carbocycles. The van der Waals surface area contributed by atoms with Gasteiger partial charge in [0.05, 0.1) is 11.4 Å². The standard InChI is InChI=1S/C21H20N4O2/c1-3-20(26)22-14-16-9-11-17(12-10-16)21(27)23-19-13-15(2)24-25(19)18-7-5-4-6-8-18/h3-13H,1,14H2,2H3,(H,22,26)(H,23,27). The summed E-state index contributed by atoms with van der Waals surface area (Å²) in [5.41, 5.74) is 3.09. The maximum Gasteiger partial charge on any atom is 0.256 e. The van der Waals surface area contributed by atoms with E-state index in [9.17, 15) is 9.59 Å². The highest BCUT2D eigenvalue weighted by atomic mass is 16.2. The predicted octanol–water partition coefficient (Wildman–Crippen LogP) is 3.24. The van der Waals surface area contributed by atoms with Gasteiger partial charge in [0.2, 0.25) is 5.91 Å². The van der Waals surface area contributed by atoms with Crippen LogP contribution in [0.5, 0.6) is 0 Å². The van der Waals surface area contributed by atoms with Crippen molar-refractivity contribution >= 4 is 17.6 Å². The van der Waals surface area contributed by atoms with E-state index in [2.05, 4.69) is 22.3 Å². The molecule has 0 fully saturated rings. The molecule has 3 aromatic rings. The number of hydrogen-bond acceptors (Lipinski definition) is 3. The number of rotatable bonds is 6. The van der Waals surface area contributed by atoms with Crippen LogP contribution in [0.15, 0.2) is 73.3 Å². The van der Waals surface area contributed by atoms with Gasteiger partial charge >= 0.3 is 0 Å². The normalized spacial score (nSPS) is 10.3. The number of carbonyl (C=O) groups is 2. The van der Waals surface area contributed by atoms with Crippen molar-refractivity contribution in [2.75, 3.05) is 5.32 Å². The number of amides is 2. The van der Waals surface area contributed by atoms with Crippen molar-refractivity contribution in [2.45, 2.75) is 13.5 Å². The van der Waals surface area contributed by atoms with Crippen LogP contribution >= 0.6 is 0 Å². The van der Waals surface area contributed by atoms with Crippen LogP contribution in [0, 0.1) is 6.92 Å². The molecule has 0 saturated heterocycles. The van der Waals surface area contributed by atoms with E-state index >= 15 is 0 Å². The van der Waals surface area contributed by atoms with Crippen LogP contribution in [-0.2, 0) is 11.3 Å². The lowest BCUT2D eigenvalue weighted by Crippen LogP contribution is -2.20. The number of hydrogen-bond donors (Lipinski definition) is 2. The molecule has 27 heavy (non-hydrogen) atoms. The van der Waals surface area contributed by atoms with Gasteiger partial charge in [-0.1, -0.05) is 36.9 Å². The Labute approximate surface area is 157 Å². The largest absolute Gasteiger partial charge is 0.348 e. The predicted molar refractivity (Wildman–Crippen MR) is 105 cm³/mol. The van der Waals surface area contributed by atoms with Crippen LogP contribution in [-0.4, -0.2) is 21.6 Å². The lowest BCUT2D eigenvalue weighted by Gasteiger charge is -2.09. The Bertz CT molecular complexity index is 960. The first-order valence-electron chi connectivity index (χ1n) is 8.49. The monoisotopic (exact) mass is 360 g/mol. The number of para-hydroxylation sites is 1. The fourth-order valence-corrected chi connectivity index (χ4v) is 2.58. The molecule has 1 aromatic heterocycles. The van der Waals surface area contributed by atoms with Crippen molar-refractivity contribution < 1.29 is 9.59 Å². The number of carbonyl (C=O) groups excluding carboxylic acids is 2. The zero-order valence-electron chi connectivity index (χ0n) is 15.0. The molecule has 0 aliphatic rings. The van der Waals surface area contributed by atoms with E-state index in [1.807, 2.05) is 43.3 Å². The Balaban J connectivity index is 1.73. The van der Waals surface area contributed by atoms with E-state index in [0.29, 0.717) is 17.9 Å². The van der Waals surface area contributed by atoms with Gasteiger partial charge in [0.25, 0.3) is 5.91 Å². The van der Waals surface area contributed by atoms with Gasteiger partial charge in [-0.15, -0.1) is 0 Å². The van der Waals surface area contributed by atoms with Crippen LogP contribution in [0.2, 0.25) is 0 Å². The number of aryl methyl sites for hydroxylation is 1. The van der Waals surface area contributed by atoms with Gasteiger partial charge < -0.3 is 10.6 Å². The Kier molecular flexibility index (Phi) is 5.47. The van der Waals surface area contributed by atoms with E-state index in [0.717, 1.165) is 16.9 Å². The molecule has 0 saturated carbocycles. The average Bonchev–Trinajstić information content (AvgIpc) is 3.07.